The molecule has 0 bridgehead atoms. The van der Waals surface area contributed by atoms with Crippen molar-refractivity contribution in [3.63, 3.8) is 0 Å². The Bertz CT molecular complexity index is 505. The van der Waals surface area contributed by atoms with Gasteiger partial charge in [-0.1, -0.05) is 6.42 Å². The molecular weight excluding hydrogens is 290 g/mol. The number of amides is 1. The Hall–Kier alpha value is -1.40. The van der Waals surface area contributed by atoms with E-state index in [0.717, 1.165) is 19.5 Å². The van der Waals surface area contributed by atoms with Crippen LogP contribution in [0.4, 0.5) is 0 Å². The second-order valence-electron chi connectivity index (χ2n) is 7.43. The molecular formula is C17H31N5O. The summed E-state index contributed by atoms with van der Waals surface area (Å²) in [6, 6.07) is 0.406. The molecule has 0 aromatic carbocycles. The summed E-state index contributed by atoms with van der Waals surface area (Å²) in [6.45, 7) is 9.56. The Morgan fingerprint density at radius 3 is 2.87 bits per heavy atom. The number of aromatic nitrogens is 2. The molecule has 1 aromatic rings. The Morgan fingerprint density at radius 2 is 2.22 bits per heavy atom. The van der Waals surface area contributed by atoms with Crippen molar-refractivity contribution in [2.45, 2.75) is 64.6 Å². The topological polar surface area (TPSA) is 76.2 Å². The third kappa shape index (κ3) is 5.32. The van der Waals surface area contributed by atoms with E-state index in [2.05, 4.69) is 42.3 Å². The number of hydrogen-bond donors (Lipinski definition) is 2. The fraction of sp³-hybridized carbons (Fsp3) is 0.765. The van der Waals surface area contributed by atoms with Gasteiger partial charge in [-0.15, -0.1) is 0 Å². The van der Waals surface area contributed by atoms with E-state index < -0.39 is 0 Å². The first-order valence-corrected chi connectivity index (χ1v) is 8.65. The van der Waals surface area contributed by atoms with Gasteiger partial charge in [0.15, 0.2) is 0 Å². The summed E-state index contributed by atoms with van der Waals surface area (Å²) in [5.74, 6) is 0.0542. The Kier molecular flexibility index (Phi) is 6.18. The minimum Gasteiger partial charge on any atom is -0.354 e. The summed E-state index contributed by atoms with van der Waals surface area (Å²) in [5, 5.41) is 7.50. The Labute approximate surface area is 139 Å². The van der Waals surface area contributed by atoms with Crippen molar-refractivity contribution in [1.82, 2.24) is 20.0 Å². The van der Waals surface area contributed by atoms with E-state index in [9.17, 15) is 4.79 Å². The lowest BCUT2D eigenvalue weighted by molar-refractivity contribution is -0.121. The molecule has 1 atom stereocenters. The molecule has 23 heavy (non-hydrogen) atoms. The van der Waals surface area contributed by atoms with Crippen molar-refractivity contribution in [3.8, 4) is 0 Å². The number of likely N-dealkylation sites (tertiary alicyclic amines) is 1. The molecule has 1 saturated heterocycles. The van der Waals surface area contributed by atoms with Gasteiger partial charge in [0.2, 0.25) is 5.91 Å². The lowest BCUT2D eigenvalue weighted by atomic mass is 10.0. The van der Waals surface area contributed by atoms with Gasteiger partial charge in [0, 0.05) is 43.9 Å². The van der Waals surface area contributed by atoms with E-state index in [0.29, 0.717) is 25.6 Å². The van der Waals surface area contributed by atoms with Crippen molar-refractivity contribution in [2.75, 3.05) is 19.6 Å². The average molecular weight is 321 g/mol. The molecule has 1 aromatic heterocycles. The first-order chi connectivity index (χ1) is 10.9. The molecule has 1 aliphatic heterocycles. The lowest BCUT2D eigenvalue weighted by Crippen LogP contribution is -2.46. The normalized spacial score (nSPS) is 19.7. The summed E-state index contributed by atoms with van der Waals surface area (Å²) < 4.78 is 2.02. The molecule has 1 unspecified atom stereocenters. The summed E-state index contributed by atoms with van der Waals surface area (Å²) in [6.07, 6.45) is 8.10. The van der Waals surface area contributed by atoms with Gasteiger partial charge in [0.1, 0.15) is 0 Å². The van der Waals surface area contributed by atoms with Gasteiger partial charge in [-0.25, -0.2) is 0 Å². The smallest absolute Gasteiger partial charge is 0.221 e. The van der Waals surface area contributed by atoms with Crippen LogP contribution in [0.2, 0.25) is 0 Å². The van der Waals surface area contributed by atoms with Crippen LogP contribution in [0.3, 0.4) is 0 Å². The molecule has 130 valence electrons. The zero-order chi connectivity index (χ0) is 16.9. The number of carbonyl (C=O) groups excluding carboxylic acids is 1. The van der Waals surface area contributed by atoms with Crippen molar-refractivity contribution < 1.29 is 4.79 Å². The molecule has 0 saturated carbocycles. The highest BCUT2D eigenvalue weighted by Gasteiger charge is 2.24. The zero-order valence-electron chi connectivity index (χ0n) is 14.7. The molecule has 0 radical (unpaired) electrons. The van der Waals surface area contributed by atoms with Gasteiger partial charge in [-0.05, 0) is 40.2 Å². The summed E-state index contributed by atoms with van der Waals surface area (Å²) in [4.78, 5) is 14.1. The van der Waals surface area contributed by atoms with Crippen molar-refractivity contribution in [3.05, 3.63) is 18.0 Å². The second kappa shape index (κ2) is 7.93. The highest BCUT2D eigenvalue weighted by molar-refractivity contribution is 5.76. The fourth-order valence-corrected chi connectivity index (χ4v) is 2.99. The van der Waals surface area contributed by atoms with Crippen LogP contribution in [0.1, 0.15) is 52.0 Å². The van der Waals surface area contributed by atoms with Gasteiger partial charge in [0.05, 0.1) is 11.7 Å². The second-order valence-corrected chi connectivity index (χ2v) is 7.43. The first-order valence-electron chi connectivity index (χ1n) is 8.65. The predicted molar refractivity (Wildman–Crippen MR) is 92.0 cm³/mol. The highest BCUT2D eigenvalue weighted by Crippen LogP contribution is 2.20. The number of nitrogens with one attached hydrogen (secondary N) is 1. The zero-order valence-corrected chi connectivity index (χ0v) is 14.7. The van der Waals surface area contributed by atoms with Crippen LogP contribution in [0.5, 0.6) is 0 Å². The quantitative estimate of drug-likeness (QED) is 0.831. The third-order valence-corrected chi connectivity index (χ3v) is 4.36. The molecule has 1 amide bonds. The van der Waals surface area contributed by atoms with Crippen LogP contribution in [-0.4, -0.2) is 46.3 Å². The Balaban J connectivity index is 1.93. The first kappa shape index (κ1) is 17.9. The maximum absolute atomic E-state index is 11.6. The molecule has 2 rings (SSSR count). The molecule has 2 heterocycles. The minimum absolute atomic E-state index is 0.00967. The summed E-state index contributed by atoms with van der Waals surface area (Å²) in [5.41, 5.74) is 6.67. The Morgan fingerprint density at radius 1 is 1.43 bits per heavy atom. The van der Waals surface area contributed by atoms with E-state index in [1.165, 1.54) is 18.4 Å². The van der Waals surface area contributed by atoms with Crippen LogP contribution < -0.4 is 11.1 Å². The van der Waals surface area contributed by atoms with Crippen LogP contribution in [0.15, 0.2) is 12.4 Å². The number of rotatable bonds is 6. The van der Waals surface area contributed by atoms with E-state index in [4.69, 9.17) is 5.73 Å². The maximum Gasteiger partial charge on any atom is 0.221 e. The van der Waals surface area contributed by atoms with E-state index in [1.54, 1.807) is 0 Å². The van der Waals surface area contributed by atoms with E-state index in [-0.39, 0.29) is 11.4 Å². The third-order valence-electron chi connectivity index (χ3n) is 4.36. The van der Waals surface area contributed by atoms with Crippen molar-refractivity contribution >= 4 is 5.91 Å². The van der Waals surface area contributed by atoms with Gasteiger partial charge in [0.25, 0.3) is 0 Å². The number of nitrogens with two attached hydrogens (primary N) is 1. The molecule has 1 fully saturated rings. The molecule has 0 spiro atoms. The van der Waals surface area contributed by atoms with Crippen LogP contribution in [-0.2, 0) is 16.9 Å². The van der Waals surface area contributed by atoms with Gasteiger partial charge >= 0.3 is 0 Å². The maximum atomic E-state index is 11.6. The molecule has 3 N–H and O–H groups in total. The van der Waals surface area contributed by atoms with Crippen LogP contribution in [0.25, 0.3) is 0 Å². The fourth-order valence-electron chi connectivity index (χ4n) is 2.99. The van der Waals surface area contributed by atoms with Crippen molar-refractivity contribution in [2.24, 2.45) is 5.73 Å². The number of nitrogens with zero attached hydrogens (tertiary/aromatic N) is 3. The average Bonchev–Trinajstić information content (AvgIpc) is 2.95. The number of piperidine rings is 1. The summed E-state index contributed by atoms with van der Waals surface area (Å²) in [7, 11) is 0. The predicted octanol–water partition coefficient (Wildman–Crippen LogP) is 1.46. The highest BCUT2D eigenvalue weighted by atomic mass is 16.1. The van der Waals surface area contributed by atoms with Gasteiger partial charge in [-0.3, -0.25) is 14.4 Å². The van der Waals surface area contributed by atoms with Gasteiger partial charge < -0.3 is 11.1 Å². The van der Waals surface area contributed by atoms with Crippen molar-refractivity contribution in [1.29, 1.82) is 0 Å². The SMILES string of the molecule is CC(C)(C)n1cc(CN2CCCCC2CNC(=O)CCN)cn1. The minimum atomic E-state index is 0.00967. The number of hydrogen-bond acceptors (Lipinski definition) is 4. The molecule has 0 aliphatic carbocycles. The molecule has 6 nitrogen and oxygen atoms in total. The summed E-state index contributed by atoms with van der Waals surface area (Å²) >= 11 is 0. The van der Waals surface area contributed by atoms with Crippen LogP contribution in [0, 0.1) is 0 Å². The lowest BCUT2D eigenvalue weighted by Gasteiger charge is -2.35. The monoisotopic (exact) mass is 321 g/mol. The molecule has 1 aliphatic rings. The van der Waals surface area contributed by atoms with Gasteiger partial charge in [-0.2, -0.15) is 5.10 Å². The molecule has 6 heteroatoms. The standard InChI is InChI=1S/C17H31N5O/c1-17(2,3)22-13-14(10-20-22)12-21-9-5-4-6-15(21)11-19-16(23)7-8-18/h10,13,15H,4-9,11-12,18H2,1-3H3,(H,19,23). The largest absolute Gasteiger partial charge is 0.354 e. The van der Waals surface area contributed by atoms with E-state index in [1.807, 2.05) is 10.9 Å². The van der Waals surface area contributed by atoms with E-state index >= 15 is 0 Å². The van der Waals surface area contributed by atoms with Crippen LogP contribution >= 0.6 is 0 Å². The number of carbonyl (C=O) groups is 1.